The monoisotopic (exact) mass is 259 g/mol. The maximum absolute atomic E-state index is 3.56. The molecule has 0 aliphatic carbocycles. The zero-order valence-corrected chi connectivity index (χ0v) is 11.1. The first-order valence-electron chi connectivity index (χ1n) is 3.96. The van der Waals surface area contributed by atoms with E-state index >= 15 is 0 Å². The second-order valence-corrected chi connectivity index (χ2v) is 9.94. The van der Waals surface area contributed by atoms with Gasteiger partial charge in [0.15, 0.2) is 0 Å². The molecule has 0 aliphatic heterocycles. The number of thiophene rings is 1. The van der Waals surface area contributed by atoms with E-state index in [2.05, 4.69) is 37.7 Å². The molecule has 0 spiro atoms. The van der Waals surface area contributed by atoms with Gasteiger partial charge in [-0.25, -0.2) is 6.07 Å². The van der Waals surface area contributed by atoms with E-state index in [4.69, 9.17) is 0 Å². The molecule has 1 aromatic heterocycles. The Morgan fingerprint density at radius 1 is 1.46 bits per heavy atom. The van der Waals surface area contributed by atoms with Crippen LogP contribution in [-0.4, -0.2) is 8.07 Å². The molecule has 0 bridgehead atoms. The van der Waals surface area contributed by atoms with Crippen LogP contribution in [0.15, 0.2) is 24.1 Å². The molecule has 1 radical (unpaired) electrons. The second kappa shape index (κ2) is 8.76. The van der Waals surface area contributed by atoms with Crippen molar-refractivity contribution >= 4 is 19.4 Å². The van der Waals surface area contributed by atoms with Crippen molar-refractivity contribution in [3.63, 3.8) is 0 Å². The molecular weight excluding hydrogens is 244 g/mol. The molecule has 0 fully saturated rings. The minimum atomic E-state index is -0.831. The maximum Gasteiger partial charge on any atom is 2.00 e. The van der Waals surface area contributed by atoms with Crippen molar-refractivity contribution in [2.45, 2.75) is 25.7 Å². The van der Waals surface area contributed by atoms with E-state index in [1.54, 1.807) is 11.3 Å². The molecule has 0 nitrogen and oxygen atoms in total. The van der Waals surface area contributed by atoms with Crippen molar-refractivity contribution in [2.75, 3.05) is 0 Å². The van der Waals surface area contributed by atoms with E-state index in [0.717, 1.165) is 6.04 Å². The largest absolute Gasteiger partial charge is 2.00 e. The molecule has 13 heavy (non-hydrogen) atoms. The molecule has 1 aromatic rings. The maximum atomic E-state index is 3.56. The average molecular weight is 260 g/mol. The predicted molar refractivity (Wildman–Crippen MR) is 60.2 cm³/mol. The van der Waals surface area contributed by atoms with Crippen LogP contribution in [-0.2, 0) is 17.1 Å². The summed E-state index contributed by atoms with van der Waals surface area (Å²) in [4.78, 5) is 0. The first-order valence-corrected chi connectivity index (χ1v) is 8.54. The Morgan fingerprint density at radius 3 is 2.15 bits per heavy atom. The van der Waals surface area contributed by atoms with Gasteiger partial charge in [0.1, 0.15) is 0 Å². The molecule has 0 aromatic carbocycles. The molecule has 0 aliphatic rings. The van der Waals surface area contributed by atoms with Crippen LogP contribution in [0, 0.1) is 11.5 Å². The quantitative estimate of drug-likeness (QED) is 0.559. The normalized spacial score (nSPS) is 9.15. The molecule has 1 heterocycles. The van der Waals surface area contributed by atoms with Crippen molar-refractivity contribution in [2.24, 2.45) is 0 Å². The van der Waals surface area contributed by atoms with Gasteiger partial charge in [0.05, 0.1) is 0 Å². The summed E-state index contributed by atoms with van der Waals surface area (Å²) in [7, 11) is -0.831. The van der Waals surface area contributed by atoms with Crippen LogP contribution >= 0.6 is 11.3 Å². The third-order valence-corrected chi connectivity index (χ3v) is 2.91. The SMILES string of the molecule is C=[C-]C[Si](C)(C)C.[Cu+2].[c-]1cccs1. The summed E-state index contributed by atoms with van der Waals surface area (Å²) in [6.45, 7) is 10.5. The van der Waals surface area contributed by atoms with E-state index in [-0.39, 0.29) is 17.1 Å². The Bertz CT molecular complexity index is 172. The van der Waals surface area contributed by atoms with Gasteiger partial charge in [0.2, 0.25) is 0 Å². The van der Waals surface area contributed by atoms with Gasteiger partial charge in [-0.15, -0.1) is 5.38 Å². The summed E-state index contributed by atoms with van der Waals surface area (Å²) in [6.07, 6.45) is 2.92. The topological polar surface area (TPSA) is 0 Å². The number of rotatable bonds is 2. The van der Waals surface area contributed by atoms with Gasteiger partial charge >= 0.3 is 17.1 Å². The molecule has 77 valence electrons. The van der Waals surface area contributed by atoms with E-state index in [1.165, 1.54) is 0 Å². The zero-order valence-electron chi connectivity index (χ0n) is 8.36. The van der Waals surface area contributed by atoms with Gasteiger partial charge in [-0.2, -0.15) is 17.5 Å². The van der Waals surface area contributed by atoms with Crippen LogP contribution in [0.1, 0.15) is 0 Å². The Hall–Kier alpha value is 0.176. The van der Waals surface area contributed by atoms with Crippen LogP contribution in [0.4, 0.5) is 0 Å². The fraction of sp³-hybridized carbons (Fsp3) is 0.400. The van der Waals surface area contributed by atoms with Gasteiger partial charge < -0.3 is 17.4 Å². The summed E-state index contributed by atoms with van der Waals surface area (Å²) in [5.41, 5.74) is 0. The fourth-order valence-corrected chi connectivity index (χ4v) is 1.71. The summed E-state index contributed by atoms with van der Waals surface area (Å²) < 4.78 is 0. The zero-order chi connectivity index (χ0) is 9.45. The van der Waals surface area contributed by atoms with Crippen LogP contribution in [0.5, 0.6) is 0 Å². The average Bonchev–Trinajstić information content (AvgIpc) is 2.38. The fourth-order valence-electron chi connectivity index (χ4n) is 0.571. The van der Waals surface area contributed by atoms with Crippen molar-refractivity contribution in [3.05, 3.63) is 35.5 Å². The Balaban J connectivity index is 0. The molecular formula is C10H16CuSSi. The van der Waals surface area contributed by atoms with Crippen molar-refractivity contribution in [1.29, 1.82) is 0 Å². The van der Waals surface area contributed by atoms with Crippen LogP contribution < -0.4 is 0 Å². The molecule has 0 saturated heterocycles. The van der Waals surface area contributed by atoms with E-state index in [1.807, 2.05) is 17.5 Å². The van der Waals surface area contributed by atoms with Gasteiger partial charge in [0.25, 0.3) is 0 Å². The number of hydrogen-bond acceptors (Lipinski definition) is 1. The third kappa shape index (κ3) is 15.0. The van der Waals surface area contributed by atoms with Crippen molar-refractivity contribution < 1.29 is 17.1 Å². The molecule has 0 N–H and O–H groups in total. The summed E-state index contributed by atoms with van der Waals surface area (Å²) in [5, 5.41) is 4.89. The van der Waals surface area contributed by atoms with Crippen molar-refractivity contribution in [1.82, 2.24) is 0 Å². The minimum absolute atomic E-state index is 0. The molecule has 3 heteroatoms. The van der Waals surface area contributed by atoms with Crippen LogP contribution in [0.2, 0.25) is 25.7 Å². The number of hydrogen-bond donors (Lipinski definition) is 0. The first kappa shape index (κ1) is 15.6. The summed E-state index contributed by atoms with van der Waals surface area (Å²) in [6, 6.07) is 4.97. The minimum Gasteiger partial charge on any atom is -0.507 e. The Labute approximate surface area is 97.6 Å². The molecule has 0 atom stereocenters. The smallest absolute Gasteiger partial charge is 0.507 e. The Morgan fingerprint density at radius 2 is 2.08 bits per heavy atom. The van der Waals surface area contributed by atoms with Gasteiger partial charge in [-0.05, 0) is 0 Å². The number of allylic oxidation sites excluding steroid dienone is 1. The van der Waals surface area contributed by atoms with Gasteiger partial charge in [0, 0.05) is 8.07 Å². The summed E-state index contributed by atoms with van der Waals surface area (Å²) in [5.74, 6) is 0. The van der Waals surface area contributed by atoms with Crippen molar-refractivity contribution in [3.8, 4) is 0 Å². The summed E-state index contributed by atoms with van der Waals surface area (Å²) >= 11 is 1.59. The van der Waals surface area contributed by atoms with Gasteiger partial charge in [-0.1, -0.05) is 19.6 Å². The van der Waals surface area contributed by atoms with Gasteiger partial charge in [-0.3, -0.25) is 6.58 Å². The van der Waals surface area contributed by atoms with E-state index in [9.17, 15) is 0 Å². The predicted octanol–water partition coefficient (Wildman–Crippen LogP) is 3.86. The molecule has 0 unspecified atom stereocenters. The van der Waals surface area contributed by atoms with E-state index < -0.39 is 8.07 Å². The van der Waals surface area contributed by atoms with Crippen LogP contribution in [0.3, 0.4) is 0 Å². The van der Waals surface area contributed by atoms with E-state index in [0.29, 0.717) is 0 Å². The standard InChI is InChI=1S/C6H13Si.C4H3S.Cu/c1-5-6-7(2,3)4;1-2-4-5-3-1;/h1,6H2,2-4H3;1-3H;/q2*-1;+2. The molecule has 1 rings (SSSR count). The Kier molecular flexibility index (Phi) is 10.5. The molecule has 0 saturated carbocycles. The third-order valence-electron chi connectivity index (χ3n) is 1.03. The first-order chi connectivity index (χ1) is 5.56. The van der Waals surface area contributed by atoms with Crippen LogP contribution in [0.25, 0.3) is 0 Å². The molecule has 0 amide bonds. The second-order valence-electron chi connectivity index (χ2n) is 3.72.